The summed E-state index contributed by atoms with van der Waals surface area (Å²) in [5, 5.41) is 11.4. The van der Waals surface area contributed by atoms with Crippen LogP contribution in [0.3, 0.4) is 0 Å². The summed E-state index contributed by atoms with van der Waals surface area (Å²) < 4.78 is 12.2. The highest BCUT2D eigenvalue weighted by atomic mass is 31.2. The number of hydrogen-bond donors (Lipinski definition) is 1. The number of rotatable bonds is 4. The average Bonchev–Trinajstić information content (AvgIpc) is 2.47. The fourth-order valence-electron chi connectivity index (χ4n) is 2.04. The number of para-hydroxylation sites is 1. The second kappa shape index (κ2) is 5.57. The van der Waals surface area contributed by atoms with Crippen LogP contribution in [0, 0.1) is 10.1 Å². The minimum Gasteiger partial charge on any atom is -0.341 e. The van der Waals surface area contributed by atoms with E-state index in [1.165, 1.54) is 6.07 Å². The molecule has 0 aliphatic heterocycles. The van der Waals surface area contributed by atoms with Crippen molar-refractivity contribution >= 4 is 18.4 Å². The van der Waals surface area contributed by atoms with E-state index in [-0.39, 0.29) is 17.2 Å². The van der Waals surface area contributed by atoms with Crippen molar-refractivity contribution in [2.45, 2.75) is 6.92 Å². The van der Waals surface area contributed by atoms with Gasteiger partial charge in [-0.1, -0.05) is 37.3 Å². The fourth-order valence-corrected chi connectivity index (χ4v) is 3.27. The van der Waals surface area contributed by atoms with Crippen LogP contribution in [0.5, 0.6) is 0 Å². The molecule has 1 unspecified atom stereocenters. The molecule has 0 amide bonds. The molecular weight excluding hydrogens is 277 g/mol. The molecule has 2 aromatic rings. The van der Waals surface area contributed by atoms with E-state index >= 15 is 0 Å². The molecule has 6 heteroatoms. The first kappa shape index (κ1) is 14.4. The average molecular weight is 291 g/mol. The number of nitrogens with zero attached hydrogens (tertiary/aromatic N) is 1. The normalized spacial score (nSPS) is 13.7. The molecule has 2 aromatic carbocycles. The van der Waals surface area contributed by atoms with Crippen molar-refractivity contribution in [3.8, 4) is 11.1 Å². The van der Waals surface area contributed by atoms with Gasteiger partial charge in [-0.15, -0.1) is 0 Å². The topological polar surface area (TPSA) is 80.4 Å². The number of nitro benzene ring substituents is 1. The standard InChI is InChI=1S/C14H14NO4P/c1-2-20(18,19)14-10-6-4-8-12(14)11-7-3-5-9-13(11)15(16)17/h3-10H,2H2,1H3,(H,18,19). The fraction of sp³-hybridized carbons (Fsp3) is 0.143. The van der Waals surface area contributed by atoms with Crippen molar-refractivity contribution in [1.29, 1.82) is 0 Å². The van der Waals surface area contributed by atoms with E-state index in [9.17, 15) is 19.6 Å². The third-order valence-electron chi connectivity index (χ3n) is 3.10. The van der Waals surface area contributed by atoms with Gasteiger partial charge < -0.3 is 4.89 Å². The van der Waals surface area contributed by atoms with Gasteiger partial charge in [-0.3, -0.25) is 14.7 Å². The molecule has 20 heavy (non-hydrogen) atoms. The number of benzene rings is 2. The van der Waals surface area contributed by atoms with Gasteiger partial charge in [0, 0.05) is 23.1 Å². The molecule has 0 saturated heterocycles. The summed E-state index contributed by atoms with van der Waals surface area (Å²) in [6, 6.07) is 12.8. The zero-order chi connectivity index (χ0) is 14.8. The molecular formula is C14H14NO4P. The Bertz CT molecular complexity index is 699. The van der Waals surface area contributed by atoms with Gasteiger partial charge >= 0.3 is 0 Å². The highest BCUT2D eigenvalue weighted by molar-refractivity contribution is 7.66. The van der Waals surface area contributed by atoms with Gasteiger partial charge in [0.05, 0.1) is 10.5 Å². The van der Waals surface area contributed by atoms with Crippen LogP contribution in [-0.2, 0) is 4.57 Å². The molecule has 2 rings (SSSR count). The minimum absolute atomic E-state index is 0.0731. The van der Waals surface area contributed by atoms with Gasteiger partial charge in [-0.05, 0) is 12.1 Å². The molecule has 0 aliphatic carbocycles. The minimum atomic E-state index is -3.50. The van der Waals surface area contributed by atoms with E-state index in [2.05, 4.69) is 0 Å². The van der Waals surface area contributed by atoms with Crippen LogP contribution in [-0.4, -0.2) is 16.0 Å². The molecule has 0 bridgehead atoms. The molecule has 0 aromatic heterocycles. The summed E-state index contributed by atoms with van der Waals surface area (Å²) in [4.78, 5) is 20.7. The molecule has 0 aliphatic rings. The zero-order valence-corrected chi connectivity index (χ0v) is 11.8. The van der Waals surface area contributed by atoms with E-state index in [1.807, 2.05) is 0 Å². The van der Waals surface area contributed by atoms with E-state index < -0.39 is 12.3 Å². The van der Waals surface area contributed by atoms with E-state index in [4.69, 9.17) is 0 Å². The molecule has 0 spiro atoms. The lowest BCUT2D eigenvalue weighted by Crippen LogP contribution is -2.10. The Labute approximate surface area is 116 Å². The number of hydrogen-bond acceptors (Lipinski definition) is 3. The summed E-state index contributed by atoms with van der Waals surface area (Å²) in [5.74, 6) is 0. The molecule has 1 atom stereocenters. The Morgan fingerprint density at radius 2 is 1.65 bits per heavy atom. The first-order valence-corrected chi connectivity index (χ1v) is 7.97. The predicted molar refractivity (Wildman–Crippen MR) is 78.5 cm³/mol. The molecule has 0 fully saturated rings. The van der Waals surface area contributed by atoms with Gasteiger partial charge in [-0.25, -0.2) is 0 Å². The summed E-state index contributed by atoms with van der Waals surface area (Å²) in [6.07, 6.45) is 0.0879. The van der Waals surface area contributed by atoms with Crippen LogP contribution in [0.25, 0.3) is 11.1 Å². The van der Waals surface area contributed by atoms with Crippen molar-refractivity contribution in [2.75, 3.05) is 6.16 Å². The maximum absolute atomic E-state index is 12.2. The molecule has 0 heterocycles. The Balaban J connectivity index is 2.72. The van der Waals surface area contributed by atoms with Crippen LogP contribution in [0.1, 0.15) is 6.92 Å². The van der Waals surface area contributed by atoms with E-state index in [0.29, 0.717) is 11.1 Å². The van der Waals surface area contributed by atoms with Gasteiger partial charge in [0.15, 0.2) is 0 Å². The zero-order valence-electron chi connectivity index (χ0n) is 10.9. The Morgan fingerprint density at radius 3 is 2.25 bits per heavy atom. The molecule has 5 nitrogen and oxygen atoms in total. The van der Waals surface area contributed by atoms with E-state index in [1.54, 1.807) is 49.4 Å². The number of nitro groups is 1. The summed E-state index contributed by atoms with van der Waals surface area (Å²) >= 11 is 0. The quantitative estimate of drug-likeness (QED) is 0.533. The van der Waals surface area contributed by atoms with Crippen molar-refractivity contribution in [1.82, 2.24) is 0 Å². The van der Waals surface area contributed by atoms with Crippen LogP contribution in [0.15, 0.2) is 48.5 Å². The Hall–Kier alpha value is -1.97. The molecule has 1 N–H and O–H groups in total. The van der Waals surface area contributed by atoms with Crippen molar-refractivity contribution in [3.63, 3.8) is 0 Å². The molecule has 104 valence electrons. The third-order valence-corrected chi connectivity index (χ3v) is 5.10. The lowest BCUT2D eigenvalue weighted by molar-refractivity contribution is -0.384. The highest BCUT2D eigenvalue weighted by Crippen LogP contribution is 2.43. The summed E-state index contributed by atoms with van der Waals surface area (Å²) in [6.45, 7) is 1.62. The largest absolute Gasteiger partial charge is 0.341 e. The molecule has 0 radical (unpaired) electrons. The Kier molecular flexibility index (Phi) is 4.02. The highest BCUT2D eigenvalue weighted by Gasteiger charge is 2.25. The summed E-state index contributed by atoms with van der Waals surface area (Å²) in [7, 11) is -3.50. The SMILES string of the molecule is CCP(=O)(O)c1ccccc1-c1ccccc1[N+](=O)[O-]. The smallest absolute Gasteiger partial charge is 0.277 e. The Morgan fingerprint density at radius 1 is 1.10 bits per heavy atom. The predicted octanol–water partition coefficient (Wildman–Crippen LogP) is 3.18. The van der Waals surface area contributed by atoms with E-state index in [0.717, 1.165) is 0 Å². The lowest BCUT2D eigenvalue weighted by atomic mass is 10.0. The van der Waals surface area contributed by atoms with Gasteiger partial charge in [0.1, 0.15) is 0 Å². The lowest BCUT2D eigenvalue weighted by Gasteiger charge is -2.14. The van der Waals surface area contributed by atoms with Crippen LogP contribution >= 0.6 is 7.37 Å². The second-order valence-corrected chi connectivity index (χ2v) is 6.83. The monoisotopic (exact) mass is 291 g/mol. The van der Waals surface area contributed by atoms with Crippen LogP contribution in [0.2, 0.25) is 0 Å². The van der Waals surface area contributed by atoms with Gasteiger partial charge in [0.2, 0.25) is 7.37 Å². The third kappa shape index (κ3) is 2.64. The first-order valence-electron chi connectivity index (χ1n) is 6.12. The maximum Gasteiger partial charge on any atom is 0.277 e. The second-order valence-electron chi connectivity index (χ2n) is 4.31. The van der Waals surface area contributed by atoms with Crippen molar-refractivity contribution in [3.05, 3.63) is 58.6 Å². The van der Waals surface area contributed by atoms with Crippen molar-refractivity contribution < 1.29 is 14.4 Å². The molecule has 0 saturated carbocycles. The first-order chi connectivity index (χ1) is 9.47. The van der Waals surface area contributed by atoms with Crippen LogP contribution < -0.4 is 5.30 Å². The van der Waals surface area contributed by atoms with Crippen LogP contribution in [0.4, 0.5) is 5.69 Å². The summed E-state index contributed by atoms with van der Waals surface area (Å²) in [5.41, 5.74) is 0.722. The van der Waals surface area contributed by atoms with Gasteiger partial charge in [-0.2, -0.15) is 0 Å². The van der Waals surface area contributed by atoms with Crippen molar-refractivity contribution in [2.24, 2.45) is 0 Å². The maximum atomic E-state index is 12.2. The van der Waals surface area contributed by atoms with Gasteiger partial charge in [0.25, 0.3) is 5.69 Å².